The molecule has 2 aromatic heterocycles. The standard InChI is InChI=1S/C20H20N4O3S/c1-14(25)23-16-4-6-17(7-5-16)28(26,27)24-11-8-15(9-12-24)19-13-22-20-18(19)3-2-10-21-20/h2-8,10,13H,9,11-12H2,1H3,(H,21,22)(H,23,25). The first-order chi connectivity index (χ1) is 13.4. The number of hydrogen-bond donors (Lipinski definition) is 2. The molecule has 7 nitrogen and oxygen atoms in total. The number of rotatable bonds is 4. The van der Waals surface area contributed by atoms with Crippen LogP contribution in [0.15, 0.2) is 59.8 Å². The maximum atomic E-state index is 12.9. The van der Waals surface area contributed by atoms with Gasteiger partial charge in [0.25, 0.3) is 0 Å². The minimum atomic E-state index is -3.59. The van der Waals surface area contributed by atoms with E-state index in [0.717, 1.165) is 22.2 Å². The fourth-order valence-corrected chi connectivity index (χ4v) is 4.78. The number of aromatic amines is 1. The molecule has 1 aliphatic heterocycles. The van der Waals surface area contributed by atoms with Gasteiger partial charge in [0.2, 0.25) is 15.9 Å². The predicted octanol–water partition coefficient (Wildman–Crippen LogP) is 3.00. The second-order valence-electron chi connectivity index (χ2n) is 6.65. The van der Waals surface area contributed by atoms with E-state index in [1.165, 1.54) is 23.4 Å². The highest BCUT2D eigenvalue weighted by Gasteiger charge is 2.27. The highest BCUT2D eigenvalue weighted by molar-refractivity contribution is 7.89. The van der Waals surface area contributed by atoms with E-state index < -0.39 is 10.0 Å². The van der Waals surface area contributed by atoms with Crippen LogP contribution >= 0.6 is 0 Å². The molecule has 144 valence electrons. The molecule has 1 aromatic carbocycles. The highest BCUT2D eigenvalue weighted by Crippen LogP contribution is 2.30. The summed E-state index contributed by atoms with van der Waals surface area (Å²) in [5, 5.41) is 3.67. The Bertz CT molecular complexity index is 1160. The number of nitrogens with zero attached hydrogens (tertiary/aromatic N) is 2. The van der Waals surface area contributed by atoms with Gasteiger partial charge in [0.15, 0.2) is 0 Å². The van der Waals surface area contributed by atoms with Gasteiger partial charge in [0.05, 0.1) is 4.90 Å². The van der Waals surface area contributed by atoms with Crippen molar-refractivity contribution in [2.24, 2.45) is 0 Å². The summed E-state index contributed by atoms with van der Waals surface area (Å²) in [7, 11) is -3.59. The first-order valence-electron chi connectivity index (χ1n) is 8.94. The molecule has 0 aliphatic carbocycles. The molecule has 0 unspecified atom stereocenters. The van der Waals surface area contributed by atoms with Crippen molar-refractivity contribution in [2.75, 3.05) is 18.4 Å². The number of H-pyrrole nitrogens is 1. The van der Waals surface area contributed by atoms with Crippen LogP contribution in [-0.2, 0) is 14.8 Å². The maximum absolute atomic E-state index is 12.9. The molecule has 28 heavy (non-hydrogen) atoms. The second kappa shape index (κ2) is 7.21. The van der Waals surface area contributed by atoms with Gasteiger partial charge in [0.1, 0.15) is 5.65 Å². The normalized spacial score (nSPS) is 15.4. The van der Waals surface area contributed by atoms with Crippen molar-refractivity contribution in [1.29, 1.82) is 0 Å². The van der Waals surface area contributed by atoms with E-state index in [9.17, 15) is 13.2 Å². The summed E-state index contributed by atoms with van der Waals surface area (Å²) >= 11 is 0. The van der Waals surface area contributed by atoms with Crippen molar-refractivity contribution in [1.82, 2.24) is 14.3 Å². The number of amides is 1. The van der Waals surface area contributed by atoms with Crippen LogP contribution in [0.5, 0.6) is 0 Å². The van der Waals surface area contributed by atoms with Crippen molar-refractivity contribution >= 4 is 38.2 Å². The summed E-state index contributed by atoms with van der Waals surface area (Å²) in [6.07, 6.45) is 6.26. The highest BCUT2D eigenvalue weighted by atomic mass is 32.2. The molecule has 4 rings (SSSR count). The van der Waals surface area contributed by atoms with Crippen LogP contribution in [0.25, 0.3) is 16.6 Å². The Hall–Kier alpha value is -2.97. The number of carbonyl (C=O) groups excluding carboxylic acids is 1. The Labute approximate surface area is 163 Å². The number of anilines is 1. The number of carbonyl (C=O) groups is 1. The smallest absolute Gasteiger partial charge is 0.243 e. The topological polar surface area (TPSA) is 95.2 Å². The molecule has 0 radical (unpaired) electrons. The van der Waals surface area contributed by atoms with Crippen LogP contribution in [0.1, 0.15) is 18.9 Å². The zero-order valence-electron chi connectivity index (χ0n) is 15.3. The van der Waals surface area contributed by atoms with Gasteiger partial charge in [-0.2, -0.15) is 4.31 Å². The second-order valence-corrected chi connectivity index (χ2v) is 8.59. The average Bonchev–Trinajstić information content (AvgIpc) is 3.12. The van der Waals surface area contributed by atoms with E-state index in [-0.39, 0.29) is 10.8 Å². The molecule has 3 aromatic rings. The molecule has 8 heteroatoms. The van der Waals surface area contributed by atoms with Crippen LogP contribution in [0.3, 0.4) is 0 Å². The Morgan fingerprint density at radius 2 is 2.00 bits per heavy atom. The third-order valence-corrected chi connectivity index (χ3v) is 6.66. The Morgan fingerprint density at radius 1 is 1.21 bits per heavy atom. The van der Waals surface area contributed by atoms with E-state index in [0.29, 0.717) is 25.2 Å². The number of aromatic nitrogens is 2. The summed E-state index contributed by atoms with van der Waals surface area (Å²) in [5.41, 5.74) is 3.58. The summed E-state index contributed by atoms with van der Waals surface area (Å²) in [5.74, 6) is -0.197. The lowest BCUT2D eigenvalue weighted by atomic mass is 10.0. The number of fused-ring (bicyclic) bond motifs is 1. The lowest BCUT2D eigenvalue weighted by molar-refractivity contribution is -0.114. The fourth-order valence-electron chi connectivity index (χ4n) is 3.40. The summed E-state index contributed by atoms with van der Waals surface area (Å²) in [4.78, 5) is 18.8. The molecule has 1 amide bonds. The predicted molar refractivity (Wildman–Crippen MR) is 108 cm³/mol. The summed E-state index contributed by atoms with van der Waals surface area (Å²) in [6, 6.07) is 10.1. The monoisotopic (exact) mass is 396 g/mol. The quantitative estimate of drug-likeness (QED) is 0.709. The van der Waals surface area contributed by atoms with E-state index in [2.05, 4.69) is 15.3 Å². The number of sulfonamides is 1. The largest absolute Gasteiger partial charge is 0.346 e. The van der Waals surface area contributed by atoms with Crippen LogP contribution in [0, 0.1) is 0 Å². The molecular weight excluding hydrogens is 376 g/mol. The van der Waals surface area contributed by atoms with Gasteiger partial charge >= 0.3 is 0 Å². The van der Waals surface area contributed by atoms with Gasteiger partial charge in [-0.15, -0.1) is 0 Å². The van der Waals surface area contributed by atoms with Crippen LogP contribution in [0.4, 0.5) is 5.69 Å². The molecule has 0 saturated carbocycles. The molecule has 0 fully saturated rings. The fraction of sp³-hybridized carbons (Fsp3) is 0.200. The molecule has 0 spiro atoms. The van der Waals surface area contributed by atoms with Crippen molar-refractivity contribution in [3.63, 3.8) is 0 Å². The molecule has 0 bridgehead atoms. The van der Waals surface area contributed by atoms with E-state index in [1.54, 1.807) is 18.3 Å². The number of pyridine rings is 1. The number of benzene rings is 1. The van der Waals surface area contributed by atoms with E-state index >= 15 is 0 Å². The molecule has 0 atom stereocenters. The number of nitrogens with one attached hydrogen (secondary N) is 2. The number of hydrogen-bond acceptors (Lipinski definition) is 4. The van der Waals surface area contributed by atoms with Crippen molar-refractivity contribution in [3.8, 4) is 0 Å². The van der Waals surface area contributed by atoms with Gasteiger partial charge < -0.3 is 10.3 Å². The first kappa shape index (κ1) is 18.4. The third-order valence-electron chi connectivity index (χ3n) is 4.78. The molecule has 2 N–H and O–H groups in total. The molecular formula is C20H20N4O3S. The van der Waals surface area contributed by atoms with Crippen LogP contribution in [-0.4, -0.2) is 41.7 Å². The Morgan fingerprint density at radius 3 is 2.68 bits per heavy atom. The maximum Gasteiger partial charge on any atom is 0.243 e. The molecule has 1 aliphatic rings. The van der Waals surface area contributed by atoms with E-state index in [4.69, 9.17) is 0 Å². The Kier molecular flexibility index (Phi) is 4.74. The van der Waals surface area contributed by atoms with Gasteiger partial charge in [0, 0.05) is 49.0 Å². The minimum absolute atomic E-state index is 0.197. The summed E-state index contributed by atoms with van der Waals surface area (Å²) in [6.45, 7) is 2.14. The van der Waals surface area contributed by atoms with Gasteiger partial charge in [-0.05, 0) is 48.4 Å². The van der Waals surface area contributed by atoms with Crippen molar-refractivity contribution in [2.45, 2.75) is 18.2 Å². The van der Waals surface area contributed by atoms with Gasteiger partial charge in [-0.3, -0.25) is 4.79 Å². The van der Waals surface area contributed by atoms with Gasteiger partial charge in [-0.1, -0.05) is 6.08 Å². The zero-order chi connectivity index (χ0) is 19.7. The van der Waals surface area contributed by atoms with Gasteiger partial charge in [-0.25, -0.2) is 13.4 Å². The van der Waals surface area contributed by atoms with Crippen LogP contribution in [0.2, 0.25) is 0 Å². The average molecular weight is 396 g/mol. The SMILES string of the molecule is CC(=O)Nc1ccc(S(=O)(=O)N2CC=C(c3c[nH]c4ncccc34)CC2)cc1. The van der Waals surface area contributed by atoms with Crippen LogP contribution < -0.4 is 5.32 Å². The first-order valence-corrected chi connectivity index (χ1v) is 10.4. The lowest BCUT2D eigenvalue weighted by Gasteiger charge is -2.26. The van der Waals surface area contributed by atoms with E-state index in [1.807, 2.05) is 24.4 Å². The minimum Gasteiger partial charge on any atom is -0.346 e. The molecule has 0 saturated heterocycles. The summed E-state index contributed by atoms with van der Waals surface area (Å²) < 4.78 is 27.3. The van der Waals surface area contributed by atoms with Crippen molar-refractivity contribution in [3.05, 3.63) is 60.4 Å². The third kappa shape index (κ3) is 3.44. The molecule has 3 heterocycles. The zero-order valence-corrected chi connectivity index (χ0v) is 16.2. The Balaban J connectivity index is 1.54. The lowest BCUT2D eigenvalue weighted by Crippen LogP contribution is -2.34. The van der Waals surface area contributed by atoms with Crippen molar-refractivity contribution < 1.29 is 13.2 Å².